The van der Waals surface area contributed by atoms with Crippen molar-refractivity contribution in [2.45, 2.75) is 37.5 Å². The molecule has 0 saturated heterocycles. The number of nitrogens with one attached hydrogen (secondary N) is 1. The summed E-state index contributed by atoms with van der Waals surface area (Å²) in [6, 6.07) is 0.349. The molecular formula is C11H23NO3S. The van der Waals surface area contributed by atoms with Gasteiger partial charge in [0.05, 0.1) is 11.0 Å². The minimum absolute atomic E-state index is 0.165. The molecule has 0 bridgehead atoms. The highest BCUT2D eigenvalue weighted by molar-refractivity contribution is 7.92. The second-order valence-corrected chi connectivity index (χ2v) is 6.92. The molecule has 0 aromatic rings. The van der Waals surface area contributed by atoms with Gasteiger partial charge in [0.2, 0.25) is 0 Å². The predicted molar refractivity (Wildman–Crippen MR) is 65.3 cm³/mol. The van der Waals surface area contributed by atoms with Gasteiger partial charge in [-0.25, -0.2) is 8.42 Å². The van der Waals surface area contributed by atoms with Gasteiger partial charge in [-0.15, -0.1) is 0 Å². The van der Waals surface area contributed by atoms with Gasteiger partial charge in [-0.2, -0.15) is 0 Å². The van der Waals surface area contributed by atoms with Crippen LogP contribution in [0.15, 0.2) is 0 Å². The van der Waals surface area contributed by atoms with Gasteiger partial charge < -0.3 is 10.1 Å². The second-order valence-electron chi connectivity index (χ2n) is 4.58. The van der Waals surface area contributed by atoms with Crippen LogP contribution in [0.5, 0.6) is 0 Å². The van der Waals surface area contributed by atoms with Crippen LogP contribution in [0.2, 0.25) is 0 Å². The van der Waals surface area contributed by atoms with Gasteiger partial charge in [0, 0.05) is 19.8 Å². The fraction of sp³-hybridized carbons (Fsp3) is 1.00. The molecule has 1 aliphatic carbocycles. The van der Waals surface area contributed by atoms with E-state index in [0.717, 1.165) is 12.8 Å². The van der Waals surface area contributed by atoms with Crippen molar-refractivity contribution in [3.63, 3.8) is 0 Å². The molecule has 96 valence electrons. The van der Waals surface area contributed by atoms with Crippen molar-refractivity contribution in [2.75, 3.05) is 26.5 Å². The van der Waals surface area contributed by atoms with Crippen molar-refractivity contribution in [1.82, 2.24) is 5.32 Å². The highest BCUT2D eigenvalue weighted by Gasteiger charge is 2.39. The first-order valence-electron chi connectivity index (χ1n) is 5.90. The summed E-state index contributed by atoms with van der Waals surface area (Å²) in [4.78, 5) is 0. The summed E-state index contributed by atoms with van der Waals surface area (Å²) in [6.07, 6.45) is 2.36. The van der Waals surface area contributed by atoms with Crippen molar-refractivity contribution in [2.24, 2.45) is 5.92 Å². The molecule has 5 heteroatoms. The van der Waals surface area contributed by atoms with Gasteiger partial charge in [0.25, 0.3) is 0 Å². The smallest absolute Gasteiger partial charge is 0.153 e. The fourth-order valence-electron chi connectivity index (χ4n) is 2.60. The molecule has 0 amide bonds. The predicted octanol–water partition coefficient (Wildman–Crippen LogP) is 0.824. The molecular weight excluding hydrogens is 226 g/mol. The summed E-state index contributed by atoms with van der Waals surface area (Å²) in [5.41, 5.74) is 0. The van der Waals surface area contributed by atoms with E-state index in [4.69, 9.17) is 4.74 Å². The first kappa shape index (κ1) is 13.9. The number of hydrogen-bond acceptors (Lipinski definition) is 4. The standard InChI is InChI=1S/C11H23NO3S/c1-9-10(12-2)5-6-11(9)16(13,14)8-4-7-15-3/h9-12H,4-8H2,1-3H3. The van der Waals surface area contributed by atoms with Gasteiger partial charge in [0.15, 0.2) is 9.84 Å². The fourth-order valence-corrected chi connectivity index (χ4v) is 4.76. The lowest BCUT2D eigenvalue weighted by Gasteiger charge is -2.20. The average molecular weight is 249 g/mol. The molecule has 0 spiro atoms. The van der Waals surface area contributed by atoms with Crippen LogP contribution in [-0.2, 0) is 14.6 Å². The number of ether oxygens (including phenoxy) is 1. The van der Waals surface area contributed by atoms with E-state index in [1.165, 1.54) is 0 Å². The van der Waals surface area contributed by atoms with Gasteiger partial charge in [-0.1, -0.05) is 6.92 Å². The molecule has 1 aliphatic rings. The maximum atomic E-state index is 12.1. The molecule has 0 aliphatic heterocycles. The highest BCUT2D eigenvalue weighted by atomic mass is 32.2. The molecule has 1 N–H and O–H groups in total. The van der Waals surface area contributed by atoms with Crippen LogP contribution in [0.4, 0.5) is 0 Å². The monoisotopic (exact) mass is 249 g/mol. The van der Waals surface area contributed by atoms with E-state index in [9.17, 15) is 8.42 Å². The normalized spacial score (nSPS) is 30.8. The lowest BCUT2D eigenvalue weighted by molar-refractivity contribution is 0.199. The molecule has 0 heterocycles. The first-order valence-corrected chi connectivity index (χ1v) is 7.62. The SMILES string of the molecule is CNC1CCC(S(=O)(=O)CCCOC)C1C. The van der Waals surface area contributed by atoms with Crippen molar-refractivity contribution < 1.29 is 13.2 Å². The number of sulfone groups is 1. The minimum Gasteiger partial charge on any atom is -0.385 e. The number of hydrogen-bond donors (Lipinski definition) is 1. The molecule has 0 aromatic heterocycles. The summed E-state index contributed by atoms with van der Waals surface area (Å²) in [7, 11) is 0.558. The Morgan fingerprint density at radius 1 is 1.38 bits per heavy atom. The van der Waals surface area contributed by atoms with Crippen LogP contribution in [-0.4, -0.2) is 46.2 Å². The molecule has 3 unspecified atom stereocenters. The summed E-state index contributed by atoms with van der Waals surface area (Å²) in [6.45, 7) is 2.56. The van der Waals surface area contributed by atoms with Crippen LogP contribution in [0.1, 0.15) is 26.2 Å². The lowest BCUT2D eigenvalue weighted by Crippen LogP contribution is -2.35. The average Bonchev–Trinajstić information content (AvgIpc) is 2.60. The van der Waals surface area contributed by atoms with Gasteiger partial charge in [-0.3, -0.25) is 0 Å². The van der Waals surface area contributed by atoms with Crippen LogP contribution < -0.4 is 5.32 Å². The molecule has 1 rings (SSSR count). The molecule has 1 saturated carbocycles. The largest absolute Gasteiger partial charge is 0.385 e. The van der Waals surface area contributed by atoms with Crippen molar-refractivity contribution in [3.8, 4) is 0 Å². The Kier molecular flexibility index (Phi) is 5.21. The molecule has 1 fully saturated rings. The third kappa shape index (κ3) is 3.18. The van der Waals surface area contributed by atoms with E-state index in [0.29, 0.717) is 19.1 Å². The molecule has 0 aromatic carbocycles. The van der Waals surface area contributed by atoms with Crippen LogP contribution >= 0.6 is 0 Å². The summed E-state index contributed by atoms with van der Waals surface area (Å²) < 4.78 is 29.1. The van der Waals surface area contributed by atoms with Gasteiger partial charge >= 0.3 is 0 Å². The Morgan fingerprint density at radius 2 is 2.06 bits per heavy atom. The van der Waals surface area contributed by atoms with Crippen LogP contribution in [0.25, 0.3) is 0 Å². The van der Waals surface area contributed by atoms with E-state index >= 15 is 0 Å². The maximum Gasteiger partial charge on any atom is 0.153 e. The van der Waals surface area contributed by atoms with E-state index < -0.39 is 9.84 Å². The summed E-state index contributed by atoms with van der Waals surface area (Å²) in [5.74, 6) is 0.476. The summed E-state index contributed by atoms with van der Waals surface area (Å²) >= 11 is 0. The van der Waals surface area contributed by atoms with E-state index in [2.05, 4.69) is 5.32 Å². The van der Waals surface area contributed by atoms with E-state index in [1.54, 1.807) is 7.11 Å². The second kappa shape index (κ2) is 5.98. The number of methoxy groups -OCH3 is 1. The quantitative estimate of drug-likeness (QED) is 0.708. The molecule has 4 nitrogen and oxygen atoms in total. The van der Waals surface area contributed by atoms with Crippen molar-refractivity contribution in [3.05, 3.63) is 0 Å². The lowest BCUT2D eigenvalue weighted by atomic mass is 10.1. The van der Waals surface area contributed by atoms with Gasteiger partial charge in [-0.05, 0) is 32.2 Å². The zero-order chi connectivity index (χ0) is 12.2. The van der Waals surface area contributed by atoms with Crippen molar-refractivity contribution in [1.29, 1.82) is 0 Å². The van der Waals surface area contributed by atoms with Crippen LogP contribution in [0.3, 0.4) is 0 Å². The topological polar surface area (TPSA) is 55.4 Å². The zero-order valence-electron chi connectivity index (χ0n) is 10.4. The van der Waals surface area contributed by atoms with E-state index in [1.807, 2.05) is 14.0 Å². The summed E-state index contributed by atoms with van der Waals surface area (Å²) in [5, 5.41) is 3.03. The molecule has 3 atom stereocenters. The maximum absolute atomic E-state index is 12.1. The number of rotatable bonds is 6. The Hall–Kier alpha value is -0.130. The third-order valence-electron chi connectivity index (χ3n) is 3.59. The highest BCUT2D eigenvalue weighted by Crippen LogP contribution is 2.31. The Labute approximate surface area is 98.7 Å². The Bertz CT molecular complexity index is 302. The third-order valence-corrected chi connectivity index (χ3v) is 6.04. The Balaban J connectivity index is 2.56. The van der Waals surface area contributed by atoms with Gasteiger partial charge in [0.1, 0.15) is 0 Å². The van der Waals surface area contributed by atoms with E-state index in [-0.39, 0.29) is 16.9 Å². The Morgan fingerprint density at radius 3 is 2.56 bits per heavy atom. The minimum atomic E-state index is -2.94. The zero-order valence-corrected chi connectivity index (χ0v) is 11.2. The first-order chi connectivity index (χ1) is 7.53. The van der Waals surface area contributed by atoms with Crippen LogP contribution in [0, 0.1) is 5.92 Å². The molecule has 16 heavy (non-hydrogen) atoms. The molecule has 0 radical (unpaired) electrons. The van der Waals surface area contributed by atoms with Crippen molar-refractivity contribution >= 4 is 9.84 Å².